The van der Waals surface area contributed by atoms with Gasteiger partial charge >= 0.3 is 12.1 Å². The lowest BCUT2D eigenvalue weighted by Crippen LogP contribution is -2.39. The summed E-state index contributed by atoms with van der Waals surface area (Å²) in [5.74, 6) is 0.0174. The Morgan fingerprint density at radius 2 is 1.62 bits per heavy atom. The predicted molar refractivity (Wildman–Crippen MR) is 155 cm³/mol. The number of thioether (sulfide) groups is 1. The number of ether oxygens (including phenoxy) is 3. The molecule has 3 aromatic rings. The van der Waals surface area contributed by atoms with Gasteiger partial charge in [0.2, 0.25) is 0 Å². The molecule has 0 aromatic heterocycles. The minimum Gasteiger partial charge on any atom is -0.476 e. The highest BCUT2D eigenvalue weighted by Gasteiger charge is 2.40. The first-order valence-electron chi connectivity index (χ1n) is 13.4. The number of carbonyl (C=O) groups excluding carboxylic acids is 3. The standard InChI is InChI=1S/C32H35NO6S/c1-5-37-30(35)32(2,3)39-26-13-9-10-22(19-26)18-24-20-33(31(36)38-25-11-7-6-8-12-25)21-28(24)29(34)23-14-16-27(40-4)17-15-23/h6-17,19,24,28H,5,18,20-21H2,1-4H3/t24-,28-/m0/s1. The highest BCUT2D eigenvalue weighted by molar-refractivity contribution is 7.98. The van der Waals surface area contributed by atoms with Crippen molar-refractivity contribution in [3.8, 4) is 11.5 Å². The van der Waals surface area contributed by atoms with Crippen LogP contribution in [0.15, 0.2) is 83.8 Å². The number of carbonyl (C=O) groups is 3. The Bertz CT molecular complexity index is 1320. The molecule has 7 nitrogen and oxygen atoms in total. The number of likely N-dealkylation sites (tertiary alicyclic amines) is 1. The predicted octanol–water partition coefficient (Wildman–Crippen LogP) is 6.30. The maximum atomic E-state index is 13.7. The molecule has 0 saturated carbocycles. The van der Waals surface area contributed by atoms with Crippen LogP contribution < -0.4 is 9.47 Å². The van der Waals surface area contributed by atoms with Crippen LogP contribution in [0.3, 0.4) is 0 Å². The minimum absolute atomic E-state index is 0.00325. The van der Waals surface area contributed by atoms with E-state index in [0.717, 1.165) is 10.5 Å². The van der Waals surface area contributed by atoms with Crippen LogP contribution in [0.25, 0.3) is 0 Å². The van der Waals surface area contributed by atoms with E-state index in [1.165, 1.54) is 0 Å². The molecule has 8 heteroatoms. The topological polar surface area (TPSA) is 82.1 Å². The molecule has 0 radical (unpaired) electrons. The summed E-state index contributed by atoms with van der Waals surface area (Å²) in [7, 11) is 0. The third kappa shape index (κ3) is 7.24. The molecule has 4 rings (SSSR count). The van der Waals surface area contributed by atoms with Crippen molar-refractivity contribution >= 4 is 29.6 Å². The lowest BCUT2D eigenvalue weighted by Gasteiger charge is -2.24. The number of ketones is 1. The van der Waals surface area contributed by atoms with Gasteiger partial charge < -0.3 is 19.1 Å². The highest BCUT2D eigenvalue weighted by atomic mass is 32.2. The van der Waals surface area contributed by atoms with Crippen molar-refractivity contribution in [3.05, 3.63) is 90.0 Å². The normalized spacial score (nSPS) is 16.9. The van der Waals surface area contributed by atoms with Crippen LogP contribution in [0.4, 0.5) is 4.79 Å². The molecular weight excluding hydrogens is 526 g/mol. The van der Waals surface area contributed by atoms with Crippen molar-refractivity contribution in [2.45, 2.75) is 37.7 Å². The quantitative estimate of drug-likeness (QED) is 0.163. The molecule has 1 amide bonds. The van der Waals surface area contributed by atoms with Gasteiger partial charge in [-0.3, -0.25) is 4.79 Å². The van der Waals surface area contributed by atoms with E-state index in [-0.39, 0.29) is 24.9 Å². The minimum atomic E-state index is -1.15. The lowest BCUT2D eigenvalue weighted by atomic mass is 9.84. The molecule has 0 N–H and O–H groups in total. The van der Waals surface area contributed by atoms with Crippen molar-refractivity contribution < 1.29 is 28.6 Å². The van der Waals surface area contributed by atoms with E-state index in [1.807, 2.05) is 54.8 Å². The first-order valence-corrected chi connectivity index (χ1v) is 14.6. The molecule has 40 heavy (non-hydrogen) atoms. The van der Waals surface area contributed by atoms with Gasteiger partial charge in [-0.15, -0.1) is 11.8 Å². The number of hydrogen-bond acceptors (Lipinski definition) is 7. The third-order valence-electron chi connectivity index (χ3n) is 6.90. The van der Waals surface area contributed by atoms with E-state index in [2.05, 4.69) is 0 Å². The SMILES string of the molecule is CCOC(=O)C(C)(C)Oc1cccc(C[C@H]2CN(C(=O)Oc3ccccc3)C[C@@H]2C(=O)c2ccc(SC)cc2)c1. The third-order valence-corrected chi connectivity index (χ3v) is 7.64. The number of benzene rings is 3. The number of para-hydroxylation sites is 1. The fraction of sp³-hybridized carbons (Fsp3) is 0.344. The molecule has 0 bridgehead atoms. The molecule has 1 aliphatic heterocycles. The zero-order valence-electron chi connectivity index (χ0n) is 23.3. The number of hydrogen-bond donors (Lipinski definition) is 0. The van der Waals surface area contributed by atoms with Crippen LogP contribution in [0.5, 0.6) is 11.5 Å². The smallest absolute Gasteiger partial charge is 0.415 e. The molecule has 0 aliphatic carbocycles. The fourth-order valence-electron chi connectivity index (χ4n) is 4.83. The fourth-order valence-corrected chi connectivity index (χ4v) is 5.24. The van der Waals surface area contributed by atoms with Crippen molar-refractivity contribution in [3.63, 3.8) is 0 Å². The zero-order chi connectivity index (χ0) is 28.7. The van der Waals surface area contributed by atoms with Crippen molar-refractivity contribution in [2.75, 3.05) is 26.0 Å². The molecule has 1 heterocycles. The van der Waals surface area contributed by atoms with E-state index in [1.54, 1.807) is 67.8 Å². The molecule has 210 valence electrons. The molecule has 0 spiro atoms. The Morgan fingerprint density at radius 1 is 0.925 bits per heavy atom. The van der Waals surface area contributed by atoms with Gasteiger partial charge in [0.15, 0.2) is 11.4 Å². The molecule has 3 aromatic carbocycles. The summed E-state index contributed by atoms with van der Waals surface area (Å²) >= 11 is 1.62. The van der Waals surface area contributed by atoms with Crippen molar-refractivity contribution in [1.82, 2.24) is 4.90 Å². The van der Waals surface area contributed by atoms with Gasteiger partial charge in [0.05, 0.1) is 6.61 Å². The average Bonchev–Trinajstić information content (AvgIpc) is 3.37. The van der Waals surface area contributed by atoms with Crippen LogP contribution >= 0.6 is 11.8 Å². The Balaban J connectivity index is 1.54. The van der Waals surface area contributed by atoms with Crippen molar-refractivity contribution in [2.24, 2.45) is 11.8 Å². The van der Waals surface area contributed by atoms with E-state index < -0.39 is 23.6 Å². The second-order valence-electron chi connectivity index (χ2n) is 10.2. The van der Waals surface area contributed by atoms with Gasteiger partial charge in [0.25, 0.3) is 0 Å². The van der Waals surface area contributed by atoms with Gasteiger partial charge in [-0.25, -0.2) is 9.59 Å². The van der Waals surface area contributed by atoms with E-state index in [9.17, 15) is 14.4 Å². The number of esters is 1. The Hall–Kier alpha value is -3.78. The zero-order valence-corrected chi connectivity index (χ0v) is 24.1. The van der Waals surface area contributed by atoms with E-state index >= 15 is 0 Å². The molecule has 0 unspecified atom stereocenters. The second-order valence-corrected chi connectivity index (χ2v) is 11.1. The van der Waals surface area contributed by atoms with Crippen LogP contribution in [-0.2, 0) is 16.0 Å². The maximum Gasteiger partial charge on any atom is 0.415 e. The Labute approximate surface area is 239 Å². The summed E-state index contributed by atoms with van der Waals surface area (Å²) < 4.78 is 16.7. The summed E-state index contributed by atoms with van der Waals surface area (Å²) in [6, 6.07) is 24.0. The van der Waals surface area contributed by atoms with Crippen LogP contribution in [-0.4, -0.2) is 54.3 Å². The van der Waals surface area contributed by atoms with Gasteiger partial charge in [0.1, 0.15) is 11.5 Å². The number of rotatable bonds is 10. The Kier molecular flexibility index (Phi) is 9.53. The average molecular weight is 562 g/mol. The van der Waals surface area contributed by atoms with Gasteiger partial charge in [0, 0.05) is 29.5 Å². The summed E-state index contributed by atoms with van der Waals surface area (Å²) in [5, 5.41) is 0. The van der Waals surface area contributed by atoms with Gasteiger partial charge in [-0.1, -0.05) is 42.5 Å². The van der Waals surface area contributed by atoms with Gasteiger partial charge in [-0.2, -0.15) is 0 Å². The van der Waals surface area contributed by atoms with Crippen molar-refractivity contribution in [1.29, 1.82) is 0 Å². The summed E-state index contributed by atoms with van der Waals surface area (Å²) in [4.78, 5) is 41.8. The summed E-state index contributed by atoms with van der Waals surface area (Å²) in [6.07, 6.45) is 2.06. The van der Waals surface area contributed by atoms with Crippen LogP contribution in [0, 0.1) is 11.8 Å². The lowest BCUT2D eigenvalue weighted by molar-refractivity contribution is -0.158. The summed E-state index contributed by atoms with van der Waals surface area (Å²) in [5.41, 5.74) is 0.414. The highest BCUT2D eigenvalue weighted by Crippen LogP contribution is 2.32. The van der Waals surface area contributed by atoms with Gasteiger partial charge in [-0.05, 0) is 81.3 Å². The maximum absolute atomic E-state index is 13.7. The summed E-state index contributed by atoms with van der Waals surface area (Å²) in [6.45, 7) is 6.01. The first-order chi connectivity index (χ1) is 19.2. The number of nitrogens with zero attached hydrogens (tertiary/aromatic N) is 1. The largest absolute Gasteiger partial charge is 0.476 e. The van der Waals surface area contributed by atoms with Crippen LogP contribution in [0.1, 0.15) is 36.7 Å². The molecule has 1 saturated heterocycles. The van der Waals surface area contributed by atoms with Crippen LogP contribution in [0.2, 0.25) is 0 Å². The monoisotopic (exact) mass is 561 g/mol. The molecule has 1 aliphatic rings. The van der Waals surface area contributed by atoms with E-state index in [4.69, 9.17) is 14.2 Å². The number of Topliss-reactive ketones (excluding diaryl/α,β-unsaturated/α-hetero) is 1. The molecule has 1 fully saturated rings. The van der Waals surface area contributed by atoms with E-state index in [0.29, 0.717) is 30.0 Å². The molecule has 2 atom stereocenters. The Morgan fingerprint density at radius 3 is 2.30 bits per heavy atom. The first kappa shape index (κ1) is 29.2. The second kappa shape index (κ2) is 13.0. The number of amides is 1. The molecular formula is C32H35NO6S.